The predicted octanol–water partition coefficient (Wildman–Crippen LogP) is 3.06. The second-order valence-corrected chi connectivity index (χ2v) is 5.95. The number of anilines is 1. The molecule has 0 aliphatic heterocycles. The lowest BCUT2D eigenvalue weighted by Gasteiger charge is -2.13. The highest BCUT2D eigenvalue weighted by Crippen LogP contribution is 2.25. The van der Waals surface area contributed by atoms with Crippen LogP contribution in [-0.4, -0.2) is 26.1 Å². The van der Waals surface area contributed by atoms with Crippen LogP contribution in [0.2, 0.25) is 0 Å². The summed E-state index contributed by atoms with van der Waals surface area (Å²) in [6.07, 6.45) is 4.61. The molecule has 0 unspecified atom stereocenters. The van der Waals surface area contributed by atoms with E-state index in [0.29, 0.717) is 5.92 Å². The zero-order valence-corrected chi connectivity index (χ0v) is 13.9. The van der Waals surface area contributed by atoms with Crippen LogP contribution >= 0.6 is 15.9 Å². The van der Waals surface area contributed by atoms with Crippen LogP contribution in [0.25, 0.3) is 0 Å². The third-order valence-electron chi connectivity index (χ3n) is 3.14. The molecule has 108 valence electrons. The van der Waals surface area contributed by atoms with Gasteiger partial charge in [-0.3, -0.25) is 0 Å². The third-order valence-corrected chi connectivity index (χ3v) is 4.09. The maximum Gasteiger partial charge on any atom is 0.144 e. The second-order valence-electron chi connectivity index (χ2n) is 5.16. The van der Waals surface area contributed by atoms with Crippen molar-refractivity contribution in [3.63, 3.8) is 0 Å². The van der Waals surface area contributed by atoms with E-state index in [0.717, 1.165) is 34.8 Å². The van der Waals surface area contributed by atoms with Crippen molar-refractivity contribution in [3.8, 4) is 0 Å². The Bertz CT molecular complexity index is 591. The van der Waals surface area contributed by atoms with Gasteiger partial charge in [0.15, 0.2) is 0 Å². The van der Waals surface area contributed by atoms with Crippen LogP contribution < -0.4 is 5.32 Å². The molecule has 2 aromatic heterocycles. The van der Waals surface area contributed by atoms with Crippen molar-refractivity contribution in [2.24, 2.45) is 7.05 Å². The topological polar surface area (TPSA) is 55.6 Å². The third kappa shape index (κ3) is 3.36. The smallest absolute Gasteiger partial charge is 0.144 e. The van der Waals surface area contributed by atoms with E-state index < -0.39 is 0 Å². The van der Waals surface area contributed by atoms with Crippen LogP contribution in [0.1, 0.15) is 37.0 Å². The number of nitrogens with one attached hydrogen (secondary N) is 1. The molecule has 5 nitrogen and oxygen atoms in total. The summed E-state index contributed by atoms with van der Waals surface area (Å²) >= 11 is 3.55. The molecule has 2 heterocycles. The Hall–Kier alpha value is -1.43. The van der Waals surface area contributed by atoms with Crippen LogP contribution in [0, 0.1) is 6.92 Å². The molecular formula is C14H20BrN5. The van der Waals surface area contributed by atoms with Crippen LogP contribution in [-0.2, 0) is 13.5 Å². The minimum Gasteiger partial charge on any atom is -0.369 e. The van der Waals surface area contributed by atoms with Gasteiger partial charge < -0.3 is 9.88 Å². The van der Waals surface area contributed by atoms with E-state index in [1.807, 2.05) is 31.1 Å². The first kappa shape index (κ1) is 15.0. The first-order valence-electron chi connectivity index (χ1n) is 6.72. The number of hydrogen-bond donors (Lipinski definition) is 1. The van der Waals surface area contributed by atoms with Gasteiger partial charge in [0, 0.05) is 37.8 Å². The number of nitrogens with zero attached hydrogens (tertiary/aromatic N) is 4. The van der Waals surface area contributed by atoms with Crippen LogP contribution in [0.4, 0.5) is 5.82 Å². The summed E-state index contributed by atoms with van der Waals surface area (Å²) in [5.41, 5.74) is 2.16. The Labute approximate surface area is 128 Å². The first-order chi connectivity index (χ1) is 9.49. The number of aryl methyl sites for hydroxylation is 2. The molecule has 0 fully saturated rings. The fourth-order valence-corrected chi connectivity index (χ4v) is 2.21. The highest BCUT2D eigenvalue weighted by atomic mass is 79.9. The van der Waals surface area contributed by atoms with Gasteiger partial charge in [0.2, 0.25) is 0 Å². The Kier molecular flexibility index (Phi) is 4.75. The van der Waals surface area contributed by atoms with Crippen LogP contribution in [0.3, 0.4) is 0 Å². The zero-order chi connectivity index (χ0) is 14.7. The summed E-state index contributed by atoms with van der Waals surface area (Å²) in [5.74, 6) is 2.05. The average Bonchev–Trinajstić information content (AvgIpc) is 2.80. The van der Waals surface area contributed by atoms with Crippen molar-refractivity contribution in [1.29, 1.82) is 0 Å². The zero-order valence-electron chi connectivity index (χ0n) is 12.3. The second kappa shape index (κ2) is 6.35. The van der Waals surface area contributed by atoms with Crippen molar-refractivity contribution >= 4 is 21.7 Å². The van der Waals surface area contributed by atoms with E-state index in [1.54, 1.807) is 0 Å². The summed E-state index contributed by atoms with van der Waals surface area (Å²) in [6, 6.07) is 0. The summed E-state index contributed by atoms with van der Waals surface area (Å²) in [6.45, 7) is 7.00. The number of imidazole rings is 1. The van der Waals surface area contributed by atoms with Crippen molar-refractivity contribution in [3.05, 3.63) is 34.2 Å². The predicted molar refractivity (Wildman–Crippen MR) is 84.0 cm³/mol. The normalized spacial score (nSPS) is 11.1. The quantitative estimate of drug-likeness (QED) is 0.910. The number of hydrogen-bond acceptors (Lipinski definition) is 4. The molecule has 0 bridgehead atoms. The Morgan fingerprint density at radius 1 is 1.35 bits per heavy atom. The van der Waals surface area contributed by atoms with Gasteiger partial charge in [-0.1, -0.05) is 13.8 Å². The van der Waals surface area contributed by atoms with Gasteiger partial charge in [0.05, 0.1) is 16.5 Å². The van der Waals surface area contributed by atoms with Gasteiger partial charge in [-0.2, -0.15) is 0 Å². The maximum atomic E-state index is 4.58. The highest BCUT2D eigenvalue weighted by Gasteiger charge is 2.11. The van der Waals surface area contributed by atoms with Gasteiger partial charge in [0.1, 0.15) is 11.6 Å². The Balaban J connectivity index is 2.07. The van der Waals surface area contributed by atoms with Crippen LogP contribution in [0.5, 0.6) is 0 Å². The van der Waals surface area contributed by atoms with E-state index in [2.05, 4.69) is 50.0 Å². The fourth-order valence-electron chi connectivity index (χ4n) is 1.89. The highest BCUT2D eigenvalue weighted by molar-refractivity contribution is 9.10. The molecule has 0 aliphatic carbocycles. The molecule has 0 saturated carbocycles. The van der Waals surface area contributed by atoms with Gasteiger partial charge in [-0.15, -0.1) is 0 Å². The Morgan fingerprint density at radius 3 is 2.70 bits per heavy atom. The molecule has 20 heavy (non-hydrogen) atoms. The Morgan fingerprint density at radius 2 is 2.10 bits per heavy atom. The standard InChI is InChI=1S/C14H20BrN5/c1-9(2)13-18-10(3)12(15)14(19-13)17-6-5-11-7-16-8-20(11)4/h7-9H,5-6H2,1-4H3,(H,17,18,19). The minimum absolute atomic E-state index is 0.319. The van der Waals surface area contributed by atoms with Gasteiger partial charge >= 0.3 is 0 Å². The summed E-state index contributed by atoms with van der Waals surface area (Å²) in [4.78, 5) is 13.2. The molecular weight excluding hydrogens is 318 g/mol. The van der Waals surface area contributed by atoms with E-state index in [4.69, 9.17) is 0 Å². The number of halogens is 1. The van der Waals surface area contributed by atoms with Crippen LogP contribution in [0.15, 0.2) is 17.0 Å². The van der Waals surface area contributed by atoms with E-state index >= 15 is 0 Å². The van der Waals surface area contributed by atoms with Gasteiger partial charge in [-0.25, -0.2) is 15.0 Å². The van der Waals surface area contributed by atoms with E-state index in [9.17, 15) is 0 Å². The van der Waals surface area contributed by atoms with E-state index in [-0.39, 0.29) is 0 Å². The van der Waals surface area contributed by atoms with Gasteiger partial charge in [-0.05, 0) is 22.9 Å². The van der Waals surface area contributed by atoms with Gasteiger partial charge in [0.25, 0.3) is 0 Å². The molecule has 0 radical (unpaired) electrons. The average molecular weight is 338 g/mol. The molecule has 2 aromatic rings. The molecule has 0 saturated heterocycles. The molecule has 0 spiro atoms. The molecule has 0 aromatic carbocycles. The lowest BCUT2D eigenvalue weighted by molar-refractivity contribution is 0.762. The number of aromatic nitrogens is 4. The maximum absolute atomic E-state index is 4.58. The van der Waals surface area contributed by atoms with Crippen molar-refractivity contribution < 1.29 is 0 Å². The van der Waals surface area contributed by atoms with Crippen molar-refractivity contribution in [2.75, 3.05) is 11.9 Å². The molecule has 0 aliphatic rings. The van der Waals surface area contributed by atoms with E-state index in [1.165, 1.54) is 5.69 Å². The lowest BCUT2D eigenvalue weighted by atomic mass is 10.2. The number of rotatable bonds is 5. The first-order valence-corrected chi connectivity index (χ1v) is 7.51. The molecule has 0 amide bonds. The largest absolute Gasteiger partial charge is 0.369 e. The van der Waals surface area contributed by atoms with Crippen molar-refractivity contribution in [2.45, 2.75) is 33.1 Å². The minimum atomic E-state index is 0.319. The SMILES string of the molecule is Cc1nc(C(C)C)nc(NCCc2cncn2C)c1Br. The fraction of sp³-hybridized carbons (Fsp3) is 0.500. The molecule has 6 heteroatoms. The molecule has 1 N–H and O–H groups in total. The summed E-state index contributed by atoms with van der Waals surface area (Å²) < 4.78 is 2.97. The summed E-state index contributed by atoms with van der Waals surface area (Å²) in [5, 5.41) is 3.38. The summed E-state index contributed by atoms with van der Waals surface area (Å²) in [7, 11) is 2.00. The lowest BCUT2D eigenvalue weighted by Crippen LogP contribution is -2.12. The molecule has 0 atom stereocenters. The monoisotopic (exact) mass is 337 g/mol. The molecule has 2 rings (SSSR count). The van der Waals surface area contributed by atoms with Crippen molar-refractivity contribution in [1.82, 2.24) is 19.5 Å².